The quantitative estimate of drug-likeness (QED) is 0.692. The summed E-state index contributed by atoms with van der Waals surface area (Å²) < 4.78 is 0. The SMILES string of the molecule is CCCN(C)CC(=O)N(C)C(C)C(=O)O. The summed E-state index contributed by atoms with van der Waals surface area (Å²) in [5.74, 6) is -1.15. The van der Waals surface area contributed by atoms with Crippen molar-refractivity contribution in [2.75, 3.05) is 27.2 Å². The van der Waals surface area contributed by atoms with Crippen LogP contribution < -0.4 is 0 Å². The van der Waals surface area contributed by atoms with Gasteiger partial charge in [-0.3, -0.25) is 9.69 Å². The zero-order valence-corrected chi connectivity index (χ0v) is 9.86. The van der Waals surface area contributed by atoms with Gasteiger partial charge in [-0.2, -0.15) is 0 Å². The van der Waals surface area contributed by atoms with Gasteiger partial charge in [0.2, 0.25) is 5.91 Å². The Morgan fingerprint density at radius 1 is 1.33 bits per heavy atom. The average molecular weight is 216 g/mol. The largest absolute Gasteiger partial charge is 0.480 e. The van der Waals surface area contributed by atoms with Gasteiger partial charge in [0.05, 0.1) is 6.54 Å². The molecule has 0 radical (unpaired) electrons. The molecule has 5 heteroatoms. The lowest BCUT2D eigenvalue weighted by Crippen LogP contribution is -2.44. The molecule has 0 aromatic carbocycles. The first kappa shape index (κ1) is 13.9. The predicted octanol–water partition coefficient (Wildman–Crippen LogP) is 0.260. The maximum atomic E-state index is 11.6. The molecule has 1 N–H and O–H groups in total. The fourth-order valence-electron chi connectivity index (χ4n) is 1.18. The van der Waals surface area contributed by atoms with Crippen molar-refractivity contribution in [2.24, 2.45) is 0 Å². The Kier molecular flexibility index (Phi) is 5.93. The summed E-state index contributed by atoms with van der Waals surface area (Å²) >= 11 is 0. The summed E-state index contributed by atoms with van der Waals surface area (Å²) in [5.41, 5.74) is 0. The monoisotopic (exact) mass is 216 g/mol. The Balaban J connectivity index is 4.15. The number of amides is 1. The molecule has 0 heterocycles. The van der Waals surface area contributed by atoms with Crippen LogP contribution in [-0.4, -0.2) is 60.0 Å². The number of hydrogen-bond donors (Lipinski definition) is 1. The highest BCUT2D eigenvalue weighted by Crippen LogP contribution is 1.98. The molecule has 0 spiro atoms. The van der Waals surface area contributed by atoms with E-state index in [9.17, 15) is 9.59 Å². The van der Waals surface area contributed by atoms with Crippen LogP contribution in [0.5, 0.6) is 0 Å². The molecule has 1 amide bonds. The summed E-state index contributed by atoms with van der Waals surface area (Å²) in [6.45, 7) is 4.63. The first-order valence-electron chi connectivity index (χ1n) is 5.07. The summed E-state index contributed by atoms with van der Waals surface area (Å²) in [7, 11) is 3.36. The van der Waals surface area contributed by atoms with Crippen LogP contribution >= 0.6 is 0 Å². The van der Waals surface area contributed by atoms with Crippen LogP contribution in [-0.2, 0) is 9.59 Å². The second kappa shape index (κ2) is 6.40. The molecule has 1 unspecified atom stereocenters. The number of carbonyl (C=O) groups excluding carboxylic acids is 1. The molecule has 88 valence electrons. The third-order valence-corrected chi connectivity index (χ3v) is 2.34. The molecule has 0 aliphatic rings. The molecule has 0 fully saturated rings. The van der Waals surface area contributed by atoms with E-state index in [1.165, 1.54) is 18.9 Å². The van der Waals surface area contributed by atoms with Crippen molar-refractivity contribution in [3.05, 3.63) is 0 Å². The molecule has 0 bridgehead atoms. The number of aliphatic carboxylic acids is 1. The van der Waals surface area contributed by atoms with Crippen molar-refractivity contribution in [2.45, 2.75) is 26.3 Å². The van der Waals surface area contributed by atoms with E-state index in [1.54, 1.807) is 0 Å². The Labute approximate surface area is 90.7 Å². The van der Waals surface area contributed by atoms with E-state index < -0.39 is 12.0 Å². The average Bonchev–Trinajstić information content (AvgIpc) is 2.15. The predicted molar refractivity (Wildman–Crippen MR) is 57.7 cm³/mol. The molecule has 0 aromatic heterocycles. The van der Waals surface area contributed by atoms with Crippen LogP contribution in [0.4, 0.5) is 0 Å². The minimum Gasteiger partial charge on any atom is -0.480 e. The number of rotatable bonds is 6. The van der Waals surface area contributed by atoms with Gasteiger partial charge in [0, 0.05) is 7.05 Å². The standard InChI is InChI=1S/C10H20N2O3/c1-5-6-11(3)7-9(13)12(4)8(2)10(14)15/h8H,5-7H2,1-4H3,(H,14,15). The molecule has 1 atom stereocenters. The van der Waals surface area contributed by atoms with Crippen molar-refractivity contribution >= 4 is 11.9 Å². The van der Waals surface area contributed by atoms with Gasteiger partial charge in [-0.15, -0.1) is 0 Å². The van der Waals surface area contributed by atoms with E-state index in [4.69, 9.17) is 5.11 Å². The van der Waals surface area contributed by atoms with Gasteiger partial charge in [-0.05, 0) is 26.9 Å². The smallest absolute Gasteiger partial charge is 0.326 e. The molecule has 15 heavy (non-hydrogen) atoms. The van der Waals surface area contributed by atoms with Crippen LogP contribution in [0.2, 0.25) is 0 Å². The summed E-state index contributed by atoms with van der Waals surface area (Å²) in [5, 5.41) is 8.73. The van der Waals surface area contributed by atoms with Crippen LogP contribution in [0.25, 0.3) is 0 Å². The van der Waals surface area contributed by atoms with E-state index >= 15 is 0 Å². The third kappa shape index (κ3) is 4.78. The van der Waals surface area contributed by atoms with Crippen LogP contribution in [0.1, 0.15) is 20.3 Å². The molecule has 0 aliphatic heterocycles. The van der Waals surface area contributed by atoms with Gasteiger partial charge < -0.3 is 10.0 Å². The highest BCUT2D eigenvalue weighted by atomic mass is 16.4. The van der Waals surface area contributed by atoms with Crippen molar-refractivity contribution < 1.29 is 14.7 Å². The molecule has 0 saturated heterocycles. The lowest BCUT2D eigenvalue weighted by molar-refractivity contribution is -0.148. The lowest BCUT2D eigenvalue weighted by atomic mass is 10.3. The Hall–Kier alpha value is -1.10. The van der Waals surface area contributed by atoms with Gasteiger partial charge in [-0.25, -0.2) is 4.79 Å². The van der Waals surface area contributed by atoms with E-state index in [2.05, 4.69) is 0 Å². The van der Waals surface area contributed by atoms with Gasteiger partial charge in [0.25, 0.3) is 0 Å². The molecule has 0 rings (SSSR count). The topological polar surface area (TPSA) is 60.9 Å². The van der Waals surface area contributed by atoms with Crippen LogP contribution in [0.3, 0.4) is 0 Å². The molecule has 0 saturated carbocycles. The van der Waals surface area contributed by atoms with Gasteiger partial charge in [0.15, 0.2) is 0 Å². The summed E-state index contributed by atoms with van der Waals surface area (Å²) in [6, 6.07) is -0.771. The third-order valence-electron chi connectivity index (χ3n) is 2.34. The molecule has 0 aromatic rings. The first-order valence-corrected chi connectivity index (χ1v) is 5.07. The number of carbonyl (C=O) groups is 2. The maximum absolute atomic E-state index is 11.6. The highest BCUT2D eigenvalue weighted by molar-refractivity contribution is 5.84. The summed E-state index contributed by atoms with van der Waals surface area (Å²) in [4.78, 5) is 25.4. The number of carboxylic acids is 1. The van der Waals surface area contributed by atoms with Crippen molar-refractivity contribution in [1.29, 1.82) is 0 Å². The molecule has 5 nitrogen and oxygen atoms in total. The molecular formula is C10H20N2O3. The van der Waals surface area contributed by atoms with Crippen LogP contribution in [0.15, 0.2) is 0 Å². The van der Waals surface area contributed by atoms with Gasteiger partial charge in [0.1, 0.15) is 6.04 Å². The van der Waals surface area contributed by atoms with Crippen molar-refractivity contribution in [3.63, 3.8) is 0 Å². The van der Waals surface area contributed by atoms with E-state index in [0.717, 1.165) is 13.0 Å². The summed E-state index contributed by atoms with van der Waals surface area (Å²) in [6.07, 6.45) is 0.974. The number of nitrogens with zero attached hydrogens (tertiary/aromatic N) is 2. The minimum atomic E-state index is -0.982. The number of likely N-dealkylation sites (N-methyl/N-ethyl adjacent to an activating group) is 2. The van der Waals surface area contributed by atoms with E-state index in [-0.39, 0.29) is 12.5 Å². The first-order chi connectivity index (χ1) is 6.90. The lowest BCUT2D eigenvalue weighted by Gasteiger charge is -2.24. The van der Waals surface area contributed by atoms with Gasteiger partial charge in [-0.1, -0.05) is 6.92 Å². The van der Waals surface area contributed by atoms with E-state index in [1.807, 2.05) is 18.9 Å². The minimum absolute atomic E-state index is 0.166. The second-order valence-electron chi connectivity index (χ2n) is 3.76. The zero-order valence-electron chi connectivity index (χ0n) is 9.86. The normalized spacial score (nSPS) is 12.6. The van der Waals surface area contributed by atoms with Crippen molar-refractivity contribution in [1.82, 2.24) is 9.80 Å². The maximum Gasteiger partial charge on any atom is 0.326 e. The number of hydrogen-bond acceptors (Lipinski definition) is 3. The fourth-order valence-corrected chi connectivity index (χ4v) is 1.18. The Morgan fingerprint density at radius 2 is 1.87 bits per heavy atom. The Bertz CT molecular complexity index is 231. The van der Waals surface area contributed by atoms with Gasteiger partial charge >= 0.3 is 5.97 Å². The highest BCUT2D eigenvalue weighted by Gasteiger charge is 2.21. The van der Waals surface area contributed by atoms with Crippen LogP contribution in [0, 0.1) is 0 Å². The Morgan fingerprint density at radius 3 is 2.27 bits per heavy atom. The molecular weight excluding hydrogens is 196 g/mol. The second-order valence-corrected chi connectivity index (χ2v) is 3.76. The fraction of sp³-hybridized carbons (Fsp3) is 0.800. The number of carboxylic acid groups (broad SMARTS) is 1. The van der Waals surface area contributed by atoms with E-state index in [0.29, 0.717) is 0 Å². The van der Waals surface area contributed by atoms with Crippen molar-refractivity contribution in [3.8, 4) is 0 Å². The zero-order chi connectivity index (χ0) is 12.0. The molecule has 0 aliphatic carbocycles.